The molecule has 19 rings (SSSR count). The van der Waals surface area contributed by atoms with E-state index in [2.05, 4.69) is 220 Å². The Kier molecular flexibility index (Phi) is 26.4. The summed E-state index contributed by atoms with van der Waals surface area (Å²) >= 11 is 19.6. The maximum Gasteiger partial charge on any atom is 0.262 e. The van der Waals surface area contributed by atoms with Gasteiger partial charge >= 0.3 is 0 Å². The van der Waals surface area contributed by atoms with E-state index in [1.54, 1.807) is 22.7 Å². The van der Waals surface area contributed by atoms with Crippen LogP contribution < -0.4 is 0 Å². The third kappa shape index (κ3) is 17.3. The first-order valence-electron chi connectivity index (χ1n) is 37.2. The highest BCUT2D eigenvalue weighted by Gasteiger charge is 2.37. The third-order valence-corrected chi connectivity index (χ3v) is 33.3. The van der Waals surface area contributed by atoms with E-state index in [0.717, 1.165) is 85.4 Å². The molecule has 0 saturated carbocycles. The summed E-state index contributed by atoms with van der Waals surface area (Å²) in [7, 11) is 1.52. The number of imide groups is 1. The highest BCUT2D eigenvalue weighted by Crippen LogP contribution is 2.44. The van der Waals surface area contributed by atoms with E-state index >= 15 is 0 Å². The first kappa shape index (κ1) is 85.5. The maximum atomic E-state index is 11.6. The summed E-state index contributed by atoms with van der Waals surface area (Å²) in [4.78, 5) is 48.5. The van der Waals surface area contributed by atoms with E-state index in [4.69, 9.17) is 13.3 Å². The fourth-order valence-electron chi connectivity index (χ4n) is 13.9. The lowest BCUT2D eigenvalue weighted by Gasteiger charge is -2.04. The highest BCUT2D eigenvalue weighted by atomic mass is 32.1. The quantitative estimate of drug-likeness (QED) is 0.136. The summed E-state index contributed by atoms with van der Waals surface area (Å²) in [6, 6.07) is 17.6. The van der Waals surface area contributed by atoms with Gasteiger partial charge in [-0.2, -0.15) is 8.75 Å². The summed E-state index contributed by atoms with van der Waals surface area (Å²) in [5, 5.41) is 10.4. The molecular weight excluding hydrogens is 1600 g/mol. The van der Waals surface area contributed by atoms with Crippen molar-refractivity contribution in [1.29, 1.82) is 0 Å². The second-order valence-electron chi connectivity index (χ2n) is 29.4. The predicted molar refractivity (Wildman–Crippen MR) is 499 cm³/mol. The maximum absolute atomic E-state index is 11.6. The van der Waals surface area contributed by atoms with Gasteiger partial charge < -0.3 is 13.3 Å². The fraction of sp³-hybridized carbons (Fsp3) is 0.341. The van der Waals surface area contributed by atoms with Gasteiger partial charge in [0, 0.05) is 106 Å². The molecule has 21 heteroatoms. The highest BCUT2D eigenvalue weighted by molar-refractivity contribution is 7.28. The van der Waals surface area contributed by atoms with Crippen LogP contribution in [0.3, 0.4) is 0 Å². The van der Waals surface area contributed by atoms with Gasteiger partial charge in [0.2, 0.25) is 0 Å². The van der Waals surface area contributed by atoms with Gasteiger partial charge in [0.25, 0.3) is 11.8 Å². The zero-order valence-electron chi connectivity index (χ0n) is 70.4. The van der Waals surface area contributed by atoms with E-state index < -0.39 is 0 Å². The standard InChI is InChI=1S/C14H14O2.2C14H14S2.C10H12S2.C9H9NO2S.C8H8N2S.C8H12O.C8H12S.C6H6N2S2/c3*1-7-5-11-9(3)14-12(6-8(2)16-14)10(4)13(11)15-7;1-5-7(3)11-10-6(2)8(4)12-9(5)10;1-4-6-7(5(2)13-4)9(12)10(3)8(6)11;1-5-3-4-6(2)8-7(5)9-11-10-8;2*1-5-6(2)8(4)9-7(5)3;1-3-7-5-6(9-3)8-4(2)10-5/h3*5-6H,1-4H3;1-4H3;1-3H3;3-4H,1-2H3;2*1-4H3;1-2H3. The molecule has 586 valence electrons. The van der Waals surface area contributed by atoms with Gasteiger partial charge in [-0.3, -0.25) is 14.5 Å². The van der Waals surface area contributed by atoms with Crippen molar-refractivity contribution in [2.75, 3.05) is 7.05 Å². The Morgan fingerprint density at radius 1 is 0.295 bits per heavy atom. The van der Waals surface area contributed by atoms with Crippen molar-refractivity contribution in [2.24, 2.45) is 0 Å². The average molecular weight is 1700 g/mol. The second-order valence-corrected chi connectivity index (χ2v) is 42.6. The Morgan fingerprint density at radius 2 is 0.598 bits per heavy atom. The SMILES string of the molecule is Cc1cc2c(C)c3oc(C)cc3c(C)c2o1.Cc1cc2c(C)c3sc(C)cc3c(C)c2s1.Cc1cc2c(C)c3sc(C)cc3c(C)c2s1.Cc1ccc(C)c2nsnc12.Cc1nc2sc(C)nc2s1.Cc1oc(C)c(C)c1C.Cc1sc(C)c(C)c1C.Cc1sc(C)c2c1C(=O)N(C)C2=O.Cc1sc2c(C)c(C)sc2c1C. The Labute approximate surface area is 703 Å². The van der Waals surface area contributed by atoms with Crippen LogP contribution in [0.2, 0.25) is 0 Å². The number of hydrogen-bond acceptors (Lipinski definition) is 20. The first-order chi connectivity index (χ1) is 52.7. The molecule has 4 aromatic carbocycles. The minimum absolute atomic E-state index is 0.165. The predicted octanol–water partition coefficient (Wildman–Crippen LogP) is 31.1. The summed E-state index contributed by atoms with van der Waals surface area (Å²) in [6.45, 7) is 63.6. The summed E-state index contributed by atoms with van der Waals surface area (Å²) < 4.78 is 34.2. The molecule has 0 N–H and O–H groups in total. The molecule has 0 aliphatic carbocycles. The number of benzene rings is 4. The molecule has 0 radical (unpaired) electrons. The number of carbonyl (C=O) groups is 2. The molecule has 0 fully saturated rings. The van der Waals surface area contributed by atoms with Crippen molar-refractivity contribution in [1.82, 2.24) is 23.6 Å². The molecule has 0 bridgehead atoms. The summed E-state index contributed by atoms with van der Waals surface area (Å²) in [5.74, 6) is 3.66. The largest absolute Gasteiger partial charge is 0.466 e. The minimum Gasteiger partial charge on any atom is -0.466 e. The molecule has 1 aliphatic rings. The monoisotopic (exact) mass is 1700 g/mol. The molecule has 0 unspecified atom stereocenters. The number of amides is 2. The number of furan rings is 3. The van der Waals surface area contributed by atoms with Crippen LogP contribution in [0.4, 0.5) is 0 Å². The van der Waals surface area contributed by atoms with Crippen molar-refractivity contribution in [3.63, 3.8) is 0 Å². The molecule has 14 aromatic heterocycles. The van der Waals surface area contributed by atoms with Crippen LogP contribution in [-0.2, 0) is 0 Å². The van der Waals surface area contributed by atoms with Crippen LogP contribution >= 0.6 is 125 Å². The second kappa shape index (κ2) is 34.6. The van der Waals surface area contributed by atoms with E-state index in [9.17, 15) is 9.59 Å². The van der Waals surface area contributed by atoms with Crippen LogP contribution in [0.1, 0.15) is 180 Å². The van der Waals surface area contributed by atoms with E-state index in [1.165, 1.54) is 202 Å². The molecule has 0 spiro atoms. The molecule has 112 heavy (non-hydrogen) atoms. The van der Waals surface area contributed by atoms with Gasteiger partial charge in [-0.05, 0) is 332 Å². The van der Waals surface area contributed by atoms with Crippen molar-refractivity contribution in [3.05, 3.63) is 219 Å². The van der Waals surface area contributed by atoms with Crippen LogP contribution in [-0.4, -0.2) is 42.5 Å². The van der Waals surface area contributed by atoms with Crippen LogP contribution in [0, 0.1) is 208 Å². The topological polar surface area (TPSA) is 128 Å². The van der Waals surface area contributed by atoms with E-state index in [1.807, 2.05) is 135 Å². The zero-order valence-corrected chi connectivity index (χ0v) is 79.4. The molecule has 2 amide bonds. The van der Waals surface area contributed by atoms with Gasteiger partial charge in [0.1, 0.15) is 45.2 Å². The van der Waals surface area contributed by atoms with Crippen LogP contribution in [0.25, 0.3) is 92.4 Å². The summed E-state index contributed by atoms with van der Waals surface area (Å²) in [5.41, 5.74) is 24.3. The van der Waals surface area contributed by atoms with Gasteiger partial charge in [-0.1, -0.05) is 34.8 Å². The number of hydrogen-bond donors (Lipinski definition) is 0. The Morgan fingerprint density at radius 3 is 0.884 bits per heavy atom. The molecule has 18 aromatic rings. The van der Waals surface area contributed by atoms with Crippen molar-refractivity contribution < 1.29 is 22.8 Å². The lowest BCUT2D eigenvalue weighted by Crippen LogP contribution is -2.24. The molecule has 1 aliphatic heterocycles. The number of fused-ring (bicyclic) bond motifs is 10. The normalized spacial score (nSPS) is 11.7. The summed E-state index contributed by atoms with van der Waals surface area (Å²) in [6.07, 6.45) is 0. The number of nitrogens with zero attached hydrogens (tertiary/aromatic N) is 5. The number of thiazole rings is 2. The van der Waals surface area contributed by atoms with Crippen molar-refractivity contribution >= 4 is 229 Å². The Bertz CT molecular complexity index is 5690. The number of rotatable bonds is 0. The average Bonchev–Trinajstić information content (AvgIpc) is 1.62. The molecule has 0 atom stereocenters. The number of aromatic nitrogens is 4. The molecule has 0 saturated heterocycles. The van der Waals surface area contributed by atoms with E-state index in [-0.39, 0.29) is 11.8 Å². The molecular formula is C91H101N5O5S11. The number of carbonyl (C=O) groups excluding carboxylic acids is 2. The van der Waals surface area contributed by atoms with E-state index in [0.29, 0.717) is 11.1 Å². The van der Waals surface area contributed by atoms with Crippen LogP contribution in [0.15, 0.2) is 61.8 Å². The van der Waals surface area contributed by atoms with Gasteiger partial charge in [0.15, 0.2) is 9.66 Å². The lowest BCUT2D eigenvalue weighted by atomic mass is 10.0. The Hall–Kier alpha value is -7.38. The van der Waals surface area contributed by atoms with Crippen molar-refractivity contribution in [3.8, 4) is 0 Å². The third-order valence-electron chi connectivity index (χ3n) is 21.2. The number of thiophene rings is 8. The smallest absolute Gasteiger partial charge is 0.262 e. The van der Waals surface area contributed by atoms with Gasteiger partial charge in [-0.15, -0.1) is 90.7 Å². The molecule has 10 nitrogen and oxygen atoms in total. The van der Waals surface area contributed by atoms with Crippen LogP contribution in [0.5, 0.6) is 0 Å². The number of aryl methyl sites for hydroxylation is 26. The van der Waals surface area contributed by atoms with Crippen molar-refractivity contribution in [2.45, 2.75) is 208 Å². The minimum atomic E-state index is -0.165. The Balaban J connectivity index is 0.000000126. The zero-order chi connectivity index (χ0) is 82.0. The fourth-order valence-corrected chi connectivity index (χ4v) is 25.5. The molecule has 15 heterocycles. The van der Waals surface area contributed by atoms with Gasteiger partial charge in [-0.25, -0.2) is 9.97 Å². The first-order valence-corrected chi connectivity index (χ1v) is 46.1. The lowest BCUT2D eigenvalue weighted by molar-refractivity contribution is 0.0692. The van der Waals surface area contributed by atoms with Gasteiger partial charge in [0.05, 0.1) is 32.9 Å².